The van der Waals surface area contributed by atoms with Crippen LogP contribution in [0.3, 0.4) is 0 Å². The topological polar surface area (TPSA) is 111 Å². The van der Waals surface area contributed by atoms with Gasteiger partial charge in [-0.25, -0.2) is 9.59 Å². The number of alkyl halides is 6. The molecule has 1 aliphatic heterocycles. The molecule has 0 aliphatic carbocycles. The number of aliphatic carboxylic acids is 2. The molecule has 0 aromatic carbocycles. The summed E-state index contributed by atoms with van der Waals surface area (Å²) in [6.07, 6.45) is -6.99. The SMILES string of the molecule is O=C(O)C(F)(F)F.O=C(O)C(F)(F)F.OC1(c2ccccn2)CCN(Cc2sccc2Cl)CC1. The average molecular weight is 537 g/mol. The van der Waals surface area contributed by atoms with Gasteiger partial charge in [0.05, 0.1) is 10.7 Å². The number of rotatable bonds is 3. The fraction of sp³-hybridized carbons (Fsp3) is 0.421. The summed E-state index contributed by atoms with van der Waals surface area (Å²) in [4.78, 5) is 25.6. The molecular weight excluding hydrogens is 518 g/mol. The second-order valence-corrected chi connectivity index (χ2v) is 8.23. The molecule has 0 radical (unpaired) electrons. The average Bonchev–Trinajstić information content (AvgIpc) is 3.14. The van der Waals surface area contributed by atoms with E-state index >= 15 is 0 Å². The minimum Gasteiger partial charge on any atom is -0.475 e. The van der Waals surface area contributed by atoms with Gasteiger partial charge in [0.25, 0.3) is 0 Å². The van der Waals surface area contributed by atoms with Gasteiger partial charge in [0.2, 0.25) is 0 Å². The predicted molar refractivity (Wildman–Crippen MR) is 109 cm³/mol. The zero-order valence-corrected chi connectivity index (χ0v) is 18.7. The van der Waals surface area contributed by atoms with Crippen molar-refractivity contribution in [2.45, 2.75) is 37.3 Å². The number of piperidine rings is 1. The van der Waals surface area contributed by atoms with Gasteiger partial charge in [0.1, 0.15) is 5.60 Å². The molecule has 0 bridgehead atoms. The first-order valence-electron chi connectivity index (χ1n) is 9.24. The van der Waals surface area contributed by atoms with Crippen LogP contribution in [0.15, 0.2) is 35.8 Å². The van der Waals surface area contributed by atoms with Crippen LogP contribution in [0.2, 0.25) is 5.02 Å². The van der Waals surface area contributed by atoms with Gasteiger partial charge in [0, 0.05) is 30.7 Å². The van der Waals surface area contributed by atoms with Gasteiger partial charge >= 0.3 is 24.3 Å². The van der Waals surface area contributed by atoms with E-state index in [0.29, 0.717) is 12.8 Å². The minimum atomic E-state index is -5.08. The van der Waals surface area contributed by atoms with Crippen molar-refractivity contribution in [1.29, 1.82) is 0 Å². The van der Waals surface area contributed by atoms with Crippen molar-refractivity contribution in [1.82, 2.24) is 9.88 Å². The lowest BCUT2D eigenvalue weighted by Gasteiger charge is -2.37. The number of hydrogen-bond acceptors (Lipinski definition) is 6. The highest BCUT2D eigenvalue weighted by atomic mass is 35.5. The third-order valence-corrected chi connectivity index (χ3v) is 5.74. The Kier molecular flexibility index (Phi) is 10.7. The highest BCUT2D eigenvalue weighted by Crippen LogP contribution is 2.33. The zero-order valence-electron chi connectivity index (χ0n) is 17.1. The van der Waals surface area contributed by atoms with E-state index in [4.69, 9.17) is 31.4 Å². The zero-order chi connectivity index (χ0) is 26.2. The summed E-state index contributed by atoms with van der Waals surface area (Å²) in [7, 11) is 0. The molecule has 3 N–H and O–H groups in total. The Hall–Kier alpha value is -2.42. The molecule has 3 rings (SSSR count). The van der Waals surface area contributed by atoms with Gasteiger partial charge in [0.15, 0.2) is 0 Å². The van der Waals surface area contributed by atoms with Gasteiger partial charge in [-0.15, -0.1) is 11.3 Å². The van der Waals surface area contributed by atoms with Crippen LogP contribution in [0.1, 0.15) is 23.4 Å². The molecule has 190 valence electrons. The number of carboxylic acids is 2. The van der Waals surface area contributed by atoms with Gasteiger partial charge in [-0.2, -0.15) is 26.3 Å². The van der Waals surface area contributed by atoms with Crippen LogP contribution >= 0.6 is 22.9 Å². The molecule has 0 atom stereocenters. The molecule has 0 spiro atoms. The smallest absolute Gasteiger partial charge is 0.475 e. The maximum absolute atomic E-state index is 10.7. The van der Waals surface area contributed by atoms with E-state index in [2.05, 4.69) is 9.88 Å². The molecule has 0 amide bonds. The van der Waals surface area contributed by atoms with Crippen LogP contribution < -0.4 is 0 Å². The van der Waals surface area contributed by atoms with E-state index in [9.17, 15) is 31.4 Å². The second kappa shape index (κ2) is 12.3. The van der Waals surface area contributed by atoms with Crippen LogP contribution in [0, 0.1) is 0 Å². The Morgan fingerprint density at radius 1 is 1.03 bits per heavy atom. The number of aliphatic hydroxyl groups is 1. The van der Waals surface area contributed by atoms with E-state index in [0.717, 1.165) is 30.4 Å². The first-order valence-corrected chi connectivity index (χ1v) is 10.5. The Balaban J connectivity index is 0.000000343. The van der Waals surface area contributed by atoms with Gasteiger partial charge in [-0.1, -0.05) is 17.7 Å². The van der Waals surface area contributed by atoms with Gasteiger partial charge < -0.3 is 15.3 Å². The van der Waals surface area contributed by atoms with Crippen LogP contribution in [0.5, 0.6) is 0 Å². The van der Waals surface area contributed by atoms with Crippen LogP contribution in [0.25, 0.3) is 0 Å². The number of carboxylic acid groups (broad SMARTS) is 2. The highest BCUT2D eigenvalue weighted by molar-refractivity contribution is 7.10. The summed E-state index contributed by atoms with van der Waals surface area (Å²) in [5, 5.41) is 27.8. The molecule has 15 heteroatoms. The fourth-order valence-electron chi connectivity index (χ4n) is 2.62. The van der Waals surface area contributed by atoms with Crippen molar-refractivity contribution in [2.24, 2.45) is 0 Å². The summed E-state index contributed by atoms with van der Waals surface area (Å²) < 4.78 is 63.5. The highest BCUT2D eigenvalue weighted by Gasteiger charge is 2.39. The Bertz CT molecular complexity index is 907. The van der Waals surface area contributed by atoms with Crippen molar-refractivity contribution >= 4 is 34.9 Å². The summed E-state index contributed by atoms with van der Waals surface area (Å²) in [5.41, 5.74) is 0.00518. The number of aromatic nitrogens is 1. The molecule has 7 nitrogen and oxygen atoms in total. The minimum absolute atomic E-state index is 0.715. The normalized spacial score (nSPS) is 15.9. The molecule has 0 unspecified atom stereocenters. The monoisotopic (exact) mass is 536 g/mol. The molecule has 2 aromatic rings. The molecule has 1 fully saturated rings. The molecule has 1 saturated heterocycles. The first-order chi connectivity index (χ1) is 15.6. The van der Waals surface area contributed by atoms with Crippen molar-refractivity contribution in [3.63, 3.8) is 0 Å². The summed E-state index contributed by atoms with van der Waals surface area (Å²) in [6, 6.07) is 7.65. The summed E-state index contributed by atoms with van der Waals surface area (Å²) in [6.45, 7) is 2.59. The number of likely N-dealkylation sites (tertiary alicyclic amines) is 1. The molecule has 3 heterocycles. The van der Waals surface area contributed by atoms with Crippen molar-refractivity contribution < 1.29 is 51.3 Å². The third-order valence-electron chi connectivity index (χ3n) is 4.37. The number of thiophene rings is 1. The largest absolute Gasteiger partial charge is 0.490 e. The quantitative estimate of drug-likeness (QED) is 0.494. The van der Waals surface area contributed by atoms with Crippen LogP contribution in [-0.4, -0.2) is 62.6 Å². The summed E-state index contributed by atoms with van der Waals surface area (Å²) in [5.74, 6) is -5.51. The molecule has 0 saturated carbocycles. The van der Waals surface area contributed by atoms with E-state index in [1.54, 1.807) is 17.5 Å². The second-order valence-electron chi connectivity index (χ2n) is 6.82. The lowest BCUT2D eigenvalue weighted by atomic mass is 9.88. The molecule has 2 aromatic heterocycles. The fourth-order valence-corrected chi connectivity index (χ4v) is 3.75. The number of halogens is 7. The number of pyridine rings is 1. The number of hydrogen-bond donors (Lipinski definition) is 3. The van der Waals surface area contributed by atoms with Gasteiger partial charge in [-0.3, -0.25) is 9.88 Å². The Morgan fingerprint density at radius 2 is 1.53 bits per heavy atom. The van der Waals surface area contributed by atoms with E-state index in [1.165, 1.54) is 4.88 Å². The van der Waals surface area contributed by atoms with E-state index in [-0.39, 0.29) is 0 Å². The molecule has 34 heavy (non-hydrogen) atoms. The Labute approximate surface area is 198 Å². The molecular formula is C19H19ClF6N2O5S. The molecule has 1 aliphatic rings. The van der Waals surface area contributed by atoms with Crippen LogP contribution in [-0.2, 0) is 21.7 Å². The van der Waals surface area contributed by atoms with E-state index in [1.807, 2.05) is 29.6 Å². The number of nitrogens with zero attached hydrogens (tertiary/aromatic N) is 2. The van der Waals surface area contributed by atoms with Crippen molar-refractivity contribution in [3.05, 3.63) is 51.4 Å². The standard InChI is InChI=1S/C15H17ClN2OS.2C2HF3O2/c16-12-4-10-20-13(12)11-18-8-5-15(19,6-9-18)14-3-1-2-7-17-14;2*3-2(4,5)1(6)7/h1-4,7,10,19H,5-6,8-9,11H2;2*(H,6,7). The van der Waals surface area contributed by atoms with Crippen molar-refractivity contribution in [3.8, 4) is 0 Å². The maximum atomic E-state index is 10.7. The van der Waals surface area contributed by atoms with Gasteiger partial charge in [-0.05, 0) is 36.4 Å². The summed E-state index contributed by atoms with van der Waals surface area (Å²) >= 11 is 7.83. The lowest BCUT2D eigenvalue weighted by Crippen LogP contribution is -2.42. The van der Waals surface area contributed by atoms with E-state index < -0.39 is 29.9 Å². The van der Waals surface area contributed by atoms with Crippen LogP contribution in [0.4, 0.5) is 26.3 Å². The van der Waals surface area contributed by atoms with Crippen molar-refractivity contribution in [2.75, 3.05) is 13.1 Å². The maximum Gasteiger partial charge on any atom is 0.490 e. The number of carbonyl (C=O) groups is 2. The predicted octanol–water partition coefficient (Wildman–Crippen LogP) is 4.55. The first kappa shape index (κ1) is 29.6. The Morgan fingerprint density at radius 3 is 1.88 bits per heavy atom. The lowest BCUT2D eigenvalue weighted by molar-refractivity contribution is -0.193. The third kappa shape index (κ3) is 9.83.